The number of likely N-dealkylation sites (tertiary alicyclic amines) is 7. The van der Waals surface area contributed by atoms with E-state index < -0.39 is 88.7 Å². The summed E-state index contributed by atoms with van der Waals surface area (Å²) < 4.78 is 28.9. The standard InChI is InChI=1S/C14H17NO3.3C13H15NO3.C13H19NO.C10H19NO3.C10H17NO3.C10H18O5.C8H11N.C5H6O4.CH4O.ClH.2H2S/c1-10(11-6-4-3-5-7-11)15-9-12(8-13(15)16)14(17)18-2;3*1-9(10-5-3-2-4-6-10)14-8-11(13(16)17)7-12(14)15;1-11(13-5-3-2-4-6-13)14-8-7-12(9-14)10-15;2*1-10(2,3)14-9(13)11-5-4-8(6-11)7-12;1-9(2,3)14-7(11)13-8(12)15-10(4,5)6;1-7(9)8-5-3-2-4-6-8;1-3(5(8)9)2-4(6)7;1-2;;;/h3-7,10,12H,8-9H2,1-2H3;3*2-6,9,11H,7-8H2,1H3,(H,16,17);2-6,11-12,15H,7-10H2,1H3;8,12H,4-7H2,1-3H3;7-8H,4-6H2,1-3H3;1-6H3;2-7H,9H2,1H3;1-2H2,(H,6,7)(H,8,9);2H,1H3;1H;2*1H2/t10-,12-;9-,11+;2*9-,11-;11-,12-;2*8-;;7-;;;;;/m0000000.0...../s1. The zero-order valence-corrected chi connectivity index (χ0v) is 92.8. The quantitative estimate of drug-likeness (QED) is 0.0106. The third-order valence-electron chi connectivity index (χ3n) is 23.8. The fourth-order valence-electron chi connectivity index (χ4n) is 15.7. The molecule has 0 saturated carbocycles. The van der Waals surface area contributed by atoms with Crippen LogP contribution in [-0.4, -0.2) is 281 Å². The minimum atomic E-state index is -1.27. The molecule has 10 N–H and O–H groups in total. The van der Waals surface area contributed by atoms with Gasteiger partial charge in [-0.15, -0.1) is 12.4 Å². The van der Waals surface area contributed by atoms with Gasteiger partial charge in [-0.2, -0.15) is 27.0 Å². The van der Waals surface area contributed by atoms with Crippen LogP contribution in [0.25, 0.3) is 0 Å². The van der Waals surface area contributed by atoms with E-state index in [1.54, 1.807) is 70.9 Å². The number of nitrogens with zero attached hydrogens (tertiary/aromatic N) is 7. The van der Waals surface area contributed by atoms with Gasteiger partial charge < -0.3 is 109 Å². The Balaban J connectivity index is 0.00000165. The Labute approximate surface area is 902 Å². The lowest BCUT2D eigenvalue weighted by atomic mass is 10.1. The molecule has 0 spiro atoms. The second-order valence-electron chi connectivity index (χ2n) is 40.2. The molecule has 834 valence electrons. The van der Waals surface area contributed by atoms with Crippen LogP contribution in [0.3, 0.4) is 0 Å². The molecular weight excluding hydrogens is 2000 g/mol. The molecule has 6 amide bonds. The predicted molar refractivity (Wildman–Crippen MR) is 578 cm³/mol. The second kappa shape index (κ2) is 68.3. The predicted octanol–water partition coefficient (Wildman–Crippen LogP) is 16.5. The van der Waals surface area contributed by atoms with Gasteiger partial charge in [-0.05, 0) is 190 Å². The maximum absolute atomic E-state index is 11.9. The Morgan fingerprint density at radius 3 is 0.887 bits per heavy atom. The second-order valence-corrected chi connectivity index (χ2v) is 40.2. The normalized spacial score (nSPS) is 19.0. The van der Waals surface area contributed by atoms with Crippen molar-refractivity contribution in [3.63, 3.8) is 0 Å². The molecule has 7 aliphatic heterocycles. The molecule has 7 heterocycles. The van der Waals surface area contributed by atoms with E-state index in [1.165, 1.54) is 18.2 Å². The molecule has 7 fully saturated rings. The summed E-state index contributed by atoms with van der Waals surface area (Å²) in [7, 11) is 2.36. The number of aldehydes is 1. The molecule has 13 atom stereocenters. The van der Waals surface area contributed by atoms with Crippen molar-refractivity contribution < 1.29 is 141 Å². The third kappa shape index (κ3) is 51.3. The number of aliphatic hydroxyl groups excluding tert-OH is 3. The van der Waals surface area contributed by atoms with Gasteiger partial charge in [0.15, 0.2) is 0 Å². The van der Waals surface area contributed by atoms with Crippen molar-refractivity contribution >= 4 is 130 Å². The van der Waals surface area contributed by atoms with Crippen molar-refractivity contribution in [2.24, 2.45) is 47.2 Å². The number of amides is 6. The molecule has 6 aromatic carbocycles. The molecule has 37 nitrogen and oxygen atoms in total. The van der Waals surface area contributed by atoms with E-state index in [-0.39, 0.29) is 167 Å². The van der Waals surface area contributed by atoms with E-state index >= 15 is 0 Å². The Hall–Kier alpha value is -12.5. The van der Waals surface area contributed by atoms with E-state index in [9.17, 15) is 71.9 Å². The van der Waals surface area contributed by atoms with Gasteiger partial charge in [0.25, 0.3) is 0 Å². The van der Waals surface area contributed by atoms with Crippen LogP contribution in [0.2, 0.25) is 0 Å². The van der Waals surface area contributed by atoms with Crippen molar-refractivity contribution in [2.45, 2.75) is 235 Å². The van der Waals surface area contributed by atoms with Gasteiger partial charge in [0, 0.05) is 134 Å². The number of carbonyl (C=O) groups is 15. The summed E-state index contributed by atoms with van der Waals surface area (Å²) in [5.41, 5.74) is 9.77. The van der Waals surface area contributed by atoms with Crippen LogP contribution in [0.5, 0.6) is 0 Å². The highest BCUT2D eigenvalue weighted by Gasteiger charge is 2.42. The smallest absolute Gasteiger partial charge is 0.481 e. The van der Waals surface area contributed by atoms with E-state index in [1.807, 2.05) is 228 Å². The minimum Gasteiger partial charge on any atom is -0.481 e. The Kier molecular flexibility index (Phi) is 62.6. The fraction of sp³-hybridized carbons (Fsp3) is 0.518. The van der Waals surface area contributed by atoms with Crippen LogP contribution in [-0.2, 0) is 81.2 Å². The van der Waals surface area contributed by atoms with Crippen LogP contribution >= 0.6 is 39.4 Å². The molecule has 0 bridgehead atoms. The van der Waals surface area contributed by atoms with Gasteiger partial charge in [-0.1, -0.05) is 189 Å². The minimum absolute atomic E-state index is 0. The first kappa shape index (κ1) is 138. The van der Waals surface area contributed by atoms with Crippen LogP contribution < -0.4 is 5.73 Å². The highest BCUT2D eigenvalue weighted by Crippen LogP contribution is 2.35. The number of ether oxygens (including phenoxy) is 6. The number of hydrogen-bond donors (Lipinski definition) is 9. The first-order valence-electron chi connectivity index (χ1n) is 49.0. The SMILES string of the molecule is C=C(CC(=O)O)C(=O)O.CC(C)(C)OC(=O)N1CC[C@H](C=O)C1.CC(C)(C)OC(=O)N1CC[C@H](CO)C1.CC(C)(C)OC(=O)OC(=O)OC(C)(C)C.CO.COC(=O)[C@H]1CC(=O)N([C@@H](C)c2ccccc2)C1.C[C@@H](c1ccccc1)N1CC[C@H](CO)C1.C[C@@H](c1ccccc1)N1C[C@@H](C(=O)O)CC1=O.C[C@@H](c1ccccc1)N1C[C@@H](C(=O)O)CC1=O.C[C@@H](c1ccccc1)N1C[C@H](C(=O)O)CC1=O.C[C@H](N)c1ccccc1.Cl.S.S. The summed E-state index contributed by atoms with van der Waals surface area (Å²) in [5.74, 6) is -6.93. The molecule has 0 aromatic heterocycles. The van der Waals surface area contributed by atoms with Crippen molar-refractivity contribution in [3.8, 4) is 0 Å². The van der Waals surface area contributed by atoms with Crippen LogP contribution in [0, 0.1) is 41.4 Å². The number of carboxylic acid groups (broad SMARTS) is 5. The molecule has 0 unspecified atom stereocenters. The van der Waals surface area contributed by atoms with Gasteiger partial charge in [-0.3, -0.25) is 48.1 Å². The molecular formula is C110H161ClN8O29S2. The summed E-state index contributed by atoms with van der Waals surface area (Å²) in [6.07, 6.45) is 1.06. The maximum Gasteiger partial charge on any atom is 0.519 e. The van der Waals surface area contributed by atoms with E-state index in [2.05, 4.69) is 53.5 Å². The van der Waals surface area contributed by atoms with Crippen LogP contribution in [0.1, 0.15) is 246 Å². The highest BCUT2D eigenvalue weighted by atomic mass is 35.5. The van der Waals surface area contributed by atoms with Gasteiger partial charge in [0.2, 0.25) is 23.6 Å². The molecule has 40 heteroatoms. The lowest BCUT2D eigenvalue weighted by Gasteiger charge is -2.25. The van der Waals surface area contributed by atoms with Gasteiger partial charge >= 0.3 is 60.3 Å². The number of esters is 1. The number of rotatable bonds is 21. The van der Waals surface area contributed by atoms with E-state index in [4.69, 9.17) is 70.3 Å². The number of hydrogen-bond acceptors (Lipinski definition) is 26. The summed E-state index contributed by atoms with van der Waals surface area (Å²) in [4.78, 5) is 179. The average Bonchev–Trinajstić information content (AvgIpc) is 1.68. The monoisotopic (exact) mass is 2160 g/mol. The van der Waals surface area contributed by atoms with E-state index in [0.717, 1.165) is 68.0 Å². The number of carboxylic acids is 5. The molecule has 7 aliphatic rings. The van der Waals surface area contributed by atoms with Crippen molar-refractivity contribution in [2.75, 3.05) is 92.9 Å². The topological polar surface area (TPSA) is 522 Å². The number of methoxy groups -OCH3 is 1. The number of nitrogens with two attached hydrogens (primary N) is 1. The number of benzene rings is 6. The number of carbonyl (C=O) groups excluding carboxylic acids is 10. The summed E-state index contributed by atoms with van der Waals surface area (Å²) in [5, 5.41) is 67.9. The molecule has 7 saturated heterocycles. The Morgan fingerprint density at radius 1 is 0.393 bits per heavy atom. The zero-order valence-electron chi connectivity index (χ0n) is 90.0. The van der Waals surface area contributed by atoms with Gasteiger partial charge in [-0.25, -0.2) is 24.0 Å². The Bertz CT molecular complexity index is 4910. The van der Waals surface area contributed by atoms with Gasteiger partial charge in [0.1, 0.15) is 28.7 Å². The number of aliphatic hydroxyl groups is 3. The summed E-state index contributed by atoms with van der Waals surface area (Å²) in [6, 6.07) is 59.9. The molecule has 0 aliphatic carbocycles. The number of aliphatic carboxylic acids is 5. The lowest BCUT2D eigenvalue weighted by molar-refractivity contribution is -0.145. The molecule has 13 rings (SSSR count). The van der Waals surface area contributed by atoms with Crippen LogP contribution in [0.4, 0.5) is 19.2 Å². The lowest BCUT2D eigenvalue weighted by Crippen LogP contribution is -2.35. The molecule has 150 heavy (non-hydrogen) atoms. The first-order valence-corrected chi connectivity index (χ1v) is 49.0. The summed E-state index contributed by atoms with van der Waals surface area (Å²) in [6.45, 7) is 42.5. The summed E-state index contributed by atoms with van der Waals surface area (Å²) >= 11 is 0. The van der Waals surface area contributed by atoms with Gasteiger partial charge in [0.05, 0.1) is 61.4 Å². The molecule has 6 aromatic rings. The Morgan fingerprint density at radius 2 is 0.660 bits per heavy atom. The molecule has 0 radical (unpaired) electrons. The highest BCUT2D eigenvalue weighted by molar-refractivity contribution is 7.59. The fourth-order valence-corrected chi connectivity index (χ4v) is 15.7. The van der Waals surface area contributed by atoms with Crippen molar-refractivity contribution in [1.82, 2.24) is 34.3 Å². The van der Waals surface area contributed by atoms with Crippen molar-refractivity contribution in [1.29, 1.82) is 0 Å². The van der Waals surface area contributed by atoms with E-state index in [0.29, 0.717) is 70.9 Å². The van der Waals surface area contributed by atoms with Crippen LogP contribution in [0.15, 0.2) is 194 Å². The number of halogens is 1. The zero-order chi connectivity index (χ0) is 111. The first-order chi connectivity index (χ1) is 68.9. The third-order valence-corrected chi connectivity index (χ3v) is 23.8. The largest absolute Gasteiger partial charge is 0.519 e. The van der Waals surface area contributed by atoms with Crippen molar-refractivity contribution in [3.05, 3.63) is 228 Å². The maximum atomic E-state index is 11.9. The average molecular weight is 2160 g/mol.